The fraction of sp³-hybridized carbons (Fsp3) is 0.667. The van der Waals surface area contributed by atoms with E-state index in [1.54, 1.807) is 6.42 Å². The average molecular weight is 284 g/mol. The number of aliphatic hydroxyl groups excluding tert-OH is 1. The second kappa shape index (κ2) is 5.02. The predicted octanol–water partition coefficient (Wildman–Crippen LogP) is -2.40. The largest absolute Gasteiger partial charge is 0.479 e. The van der Waals surface area contributed by atoms with Gasteiger partial charge < -0.3 is 26.6 Å². The van der Waals surface area contributed by atoms with E-state index in [0.29, 0.717) is 0 Å². The van der Waals surface area contributed by atoms with Gasteiger partial charge in [-0.2, -0.15) is 0 Å². The highest BCUT2D eigenvalue weighted by atomic mass is 16.4. The molecule has 6 N–H and O–H groups in total. The van der Waals surface area contributed by atoms with Gasteiger partial charge in [0, 0.05) is 12.3 Å². The standard InChI is InChI=1S/C12H18N3O5/c1-5(13)10(18)14-4-9(17)15-12(11(19)20)3-8(16)6-2-7(6)12/h2,5-8,16H,3-4,13H2,1H3,(H,14,18)(H,15,17)(H,19,20)/t5-,6-,7+,8-,12-/m0/s1. The fourth-order valence-electron chi connectivity index (χ4n) is 2.68. The van der Waals surface area contributed by atoms with Crippen molar-refractivity contribution in [1.29, 1.82) is 0 Å². The van der Waals surface area contributed by atoms with Gasteiger partial charge in [-0.15, -0.1) is 0 Å². The van der Waals surface area contributed by atoms with Gasteiger partial charge in [-0.1, -0.05) is 0 Å². The van der Waals surface area contributed by atoms with Crippen LogP contribution in [-0.4, -0.2) is 52.2 Å². The van der Waals surface area contributed by atoms with Crippen molar-refractivity contribution >= 4 is 17.8 Å². The lowest BCUT2D eigenvalue weighted by Crippen LogP contribution is -2.58. The second-order valence-electron chi connectivity index (χ2n) is 5.40. The van der Waals surface area contributed by atoms with Gasteiger partial charge in [-0.3, -0.25) is 9.59 Å². The summed E-state index contributed by atoms with van der Waals surface area (Å²) >= 11 is 0. The molecule has 2 aliphatic carbocycles. The Hall–Kier alpha value is -1.67. The molecule has 1 radical (unpaired) electrons. The van der Waals surface area contributed by atoms with Crippen LogP contribution in [0, 0.1) is 18.3 Å². The van der Waals surface area contributed by atoms with Crippen LogP contribution in [0.5, 0.6) is 0 Å². The molecule has 2 amide bonds. The Kier molecular flexibility index (Phi) is 3.70. The zero-order chi connectivity index (χ0) is 15.1. The highest BCUT2D eigenvalue weighted by molar-refractivity contribution is 5.92. The van der Waals surface area contributed by atoms with Crippen molar-refractivity contribution in [1.82, 2.24) is 10.6 Å². The Bertz CT molecular complexity index is 452. The van der Waals surface area contributed by atoms with Crippen LogP contribution in [-0.2, 0) is 14.4 Å². The van der Waals surface area contributed by atoms with Crippen LogP contribution in [0.4, 0.5) is 0 Å². The van der Waals surface area contributed by atoms with E-state index >= 15 is 0 Å². The summed E-state index contributed by atoms with van der Waals surface area (Å²) in [6, 6.07) is -0.745. The van der Waals surface area contributed by atoms with Crippen molar-refractivity contribution in [2.45, 2.75) is 31.0 Å². The first-order chi connectivity index (χ1) is 9.28. The summed E-state index contributed by atoms with van der Waals surface area (Å²) in [6.45, 7) is 1.13. The molecule has 0 aromatic carbocycles. The highest BCUT2D eigenvalue weighted by Crippen LogP contribution is 2.56. The Morgan fingerprint density at radius 2 is 2.15 bits per heavy atom. The number of rotatable bonds is 5. The van der Waals surface area contributed by atoms with Gasteiger partial charge in [0.25, 0.3) is 0 Å². The Labute approximate surface area is 115 Å². The van der Waals surface area contributed by atoms with Gasteiger partial charge in [-0.05, 0) is 19.3 Å². The van der Waals surface area contributed by atoms with Crippen molar-refractivity contribution in [3.05, 3.63) is 6.42 Å². The molecule has 0 unspecified atom stereocenters. The molecule has 2 fully saturated rings. The van der Waals surface area contributed by atoms with Crippen LogP contribution in [0.25, 0.3) is 0 Å². The Balaban J connectivity index is 1.95. The lowest BCUT2D eigenvalue weighted by Gasteiger charge is -2.28. The first-order valence-corrected chi connectivity index (χ1v) is 6.38. The molecule has 0 aromatic heterocycles. The van der Waals surface area contributed by atoms with Gasteiger partial charge >= 0.3 is 5.97 Å². The number of carboxylic acids is 1. The molecule has 0 spiro atoms. The number of carbonyl (C=O) groups is 3. The van der Waals surface area contributed by atoms with E-state index in [2.05, 4.69) is 10.6 Å². The molecule has 0 heterocycles. The molecule has 0 bridgehead atoms. The molecule has 0 saturated heterocycles. The van der Waals surface area contributed by atoms with Crippen molar-refractivity contribution in [3.63, 3.8) is 0 Å². The maximum atomic E-state index is 11.8. The Morgan fingerprint density at radius 1 is 1.50 bits per heavy atom. The van der Waals surface area contributed by atoms with E-state index in [1.165, 1.54) is 6.92 Å². The van der Waals surface area contributed by atoms with E-state index in [9.17, 15) is 24.6 Å². The van der Waals surface area contributed by atoms with E-state index < -0.39 is 35.5 Å². The van der Waals surface area contributed by atoms with Gasteiger partial charge in [-0.25, -0.2) is 4.79 Å². The number of nitrogens with two attached hydrogens (primary N) is 1. The molecule has 8 nitrogen and oxygen atoms in total. The van der Waals surface area contributed by atoms with Crippen molar-refractivity contribution in [3.8, 4) is 0 Å². The molecular formula is C12H18N3O5. The van der Waals surface area contributed by atoms with Gasteiger partial charge in [0.05, 0.1) is 18.7 Å². The number of fused-ring (bicyclic) bond motifs is 1. The third kappa shape index (κ3) is 2.48. The zero-order valence-electron chi connectivity index (χ0n) is 11.0. The Morgan fingerprint density at radius 3 is 2.55 bits per heavy atom. The van der Waals surface area contributed by atoms with E-state index in [0.717, 1.165) is 0 Å². The van der Waals surface area contributed by atoms with Crippen LogP contribution < -0.4 is 16.4 Å². The van der Waals surface area contributed by atoms with Crippen molar-refractivity contribution in [2.24, 2.45) is 17.6 Å². The van der Waals surface area contributed by atoms with Gasteiger partial charge in [0.1, 0.15) is 5.54 Å². The number of nitrogens with one attached hydrogen (secondary N) is 2. The van der Waals surface area contributed by atoms with Gasteiger partial charge in [0.2, 0.25) is 11.8 Å². The fourth-order valence-corrected chi connectivity index (χ4v) is 2.68. The number of hydrogen-bond acceptors (Lipinski definition) is 5. The van der Waals surface area contributed by atoms with E-state index in [1.807, 2.05) is 0 Å². The number of aliphatic carboxylic acids is 1. The quantitative estimate of drug-likeness (QED) is 0.381. The molecule has 2 aliphatic rings. The van der Waals surface area contributed by atoms with E-state index in [-0.39, 0.29) is 24.8 Å². The number of hydrogen-bond donors (Lipinski definition) is 5. The monoisotopic (exact) mass is 284 g/mol. The molecule has 0 aliphatic heterocycles. The average Bonchev–Trinajstić information content (AvgIpc) is 3.10. The highest BCUT2D eigenvalue weighted by Gasteiger charge is 2.67. The molecule has 8 heteroatoms. The number of carbonyl (C=O) groups excluding carboxylic acids is 2. The topological polar surface area (TPSA) is 142 Å². The number of aliphatic hydroxyl groups is 1. The minimum Gasteiger partial charge on any atom is -0.479 e. The van der Waals surface area contributed by atoms with Crippen molar-refractivity contribution < 1.29 is 24.6 Å². The first-order valence-electron chi connectivity index (χ1n) is 6.38. The minimum absolute atomic E-state index is 0.0266. The number of carboxylic acid groups (broad SMARTS) is 1. The lowest BCUT2D eigenvalue weighted by atomic mass is 9.92. The van der Waals surface area contributed by atoms with Crippen molar-refractivity contribution in [2.75, 3.05) is 6.54 Å². The maximum Gasteiger partial charge on any atom is 0.329 e. The van der Waals surface area contributed by atoms with Crippen LogP contribution in [0.15, 0.2) is 0 Å². The SMILES string of the molecule is C[C@H](N)C(=O)NCC(=O)N[C@@]1(C(=O)O)C[C@H](O)[C@H]2[CH][C@H]21. The van der Waals surface area contributed by atoms with Crippen LogP contribution >= 0.6 is 0 Å². The summed E-state index contributed by atoms with van der Waals surface area (Å²) in [7, 11) is 0. The normalized spacial score (nSPS) is 35.9. The predicted molar refractivity (Wildman–Crippen MR) is 67.1 cm³/mol. The molecular weight excluding hydrogens is 266 g/mol. The molecule has 20 heavy (non-hydrogen) atoms. The van der Waals surface area contributed by atoms with E-state index in [4.69, 9.17) is 5.73 Å². The first kappa shape index (κ1) is 14.7. The third-order valence-corrected chi connectivity index (χ3v) is 3.83. The van der Waals surface area contributed by atoms with Crippen LogP contribution in [0.2, 0.25) is 0 Å². The molecule has 0 aromatic rings. The third-order valence-electron chi connectivity index (χ3n) is 3.83. The molecule has 2 rings (SSSR count). The summed E-state index contributed by atoms with van der Waals surface area (Å²) in [4.78, 5) is 34.5. The lowest BCUT2D eigenvalue weighted by molar-refractivity contribution is -0.148. The molecule has 5 atom stereocenters. The smallest absolute Gasteiger partial charge is 0.329 e. The molecule has 111 valence electrons. The van der Waals surface area contributed by atoms with Crippen LogP contribution in [0.1, 0.15) is 13.3 Å². The number of amides is 2. The summed E-state index contributed by atoms with van der Waals surface area (Å²) in [5.74, 6) is -2.82. The zero-order valence-corrected chi connectivity index (χ0v) is 11.0. The van der Waals surface area contributed by atoms with Crippen LogP contribution in [0.3, 0.4) is 0 Å². The summed E-state index contributed by atoms with van der Waals surface area (Å²) in [6.07, 6.45) is 0.930. The minimum atomic E-state index is -1.47. The maximum absolute atomic E-state index is 11.8. The summed E-state index contributed by atoms with van der Waals surface area (Å²) in [5, 5.41) is 23.8. The molecule has 2 saturated carbocycles. The summed E-state index contributed by atoms with van der Waals surface area (Å²) < 4.78 is 0. The summed E-state index contributed by atoms with van der Waals surface area (Å²) in [5.41, 5.74) is 3.86. The second-order valence-corrected chi connectivity index (χ2v) is 5.40. The van der Waals surface area contributed by atoms with Gasteiger partial charge in [0.15, 0.2) is 0 Å².